The smallest absolute Gasteiger partial charge is 0.276 e. The summed E-state index contributed by atoms with van der Waals surface area (Å²) in [7, 11) is 1.42. The van der Waals surface area contributed by atoms with Crippen LogP contribution in [0.4, 0.5) is 0 Å². The minimum Gasteiger partial charge on any atom is -0.496 e. The Morgan fingerprint density at radius 3 is 2.39 bits per heavy atom. The van der Waals surface area contributed by atoms with Gasteiger partial charge in [0, 0.05) is 11.4 Å². The molecular weight excluding hydrogens is 384 g/mol. The Kier molecular flexibility index (Phi) is 7.83. The lowest BCUT2D eigenvalue weighted by molar-refractivity contribution is -0.123. The van der Waals surface area contributed by atoms with Crippen LogP contribution in [0.1, 0.15) is 29.3 Å². The Morgan fingerprint density at radius 1 is 1.04 bits per heavy atom. The zero-order valence-electron chi connectivity index (χ0n) is 15.6. The molecule has 0 atom stereocenters. The molecule has 2 amide bonds. The van der Waals surface area contributed by atoms with Gasteiger partial charge in [0.1, 0.15) is 17.3 Å². The van der Waals surface area contributed by atoms with E-state index in [0.29, 0.717) is 29.4 Å². The number of methoxy groups -OCH3 is 1. The number of amides is 2. The second kappa shape index (κ2) is 10.3. The van der Waals surface area contributed by atoms with Crippen LogP contribution in [0.3, 0.4) is 0 Å². The molecule has 0 unspecified atom stereocenters. The van der Waals surface area contributed by atoms with Crippen molar-refractivity contribution in [2.45, 2.75) is 19.8 Å². The highest BCUT2D eigenvalue weighted by Crippen LogP contribution is 2.22. The van der Waals surface area contributed by atoms with Gasteiger partial charge in [-0.25, -0.2) is 0 Å². The normalized spacial score (nSPS) is 10.1. The van der Waals surface area contributed by atoms with E-state index in [2.05, 4.69) is 10.9 Å². The number of rotatable bonds is 8. The molecule has 28 heavy (non-hydrogen) atoms. The van der Waals surface area contributed by atoms with Gasteiger partial charge in [-0.15, -0.1) is 0 Å². The molecule has 0 fully saturated rings. The van der Waals surface area contributed by atoms with Crippen molar-refractivity contribution in [3.05, 3.63) is 58.6 Å². The third kappa shape index (κ3) is 6.59. The van der Waals surface area contributed by atoms with Gasteiger partial charge in [-0.1, -0.05) is 23.7 Å². The Balaban J connectivity index is 1.79. The molecule has 0 heterocycles. The number of hydrazine groups is 1. The predicted molar refractivity (Wildman–Crippen MR) is 105 cm³/mol. The van der Waals surface area contributed by atoms with Crippen LogP contribution in [-0.4, -0.2) is 31.3 Å². The third-order valence-electron chi connectivity index (χ3n) is 3.78. The maximum absolute atomic E-state index is 12.1. The highest BCUT2D eigenvalue weighted by Gasteiger charge is 2.13. The fourth-order valence-electron chi connectivity index (χ4n) is 2.30. The molecule has 2 N–H and O–H groups in total. The van der Waals surface area contributed by atoms with Crippen LogP contribution in [0.25, 0.3) is 0 Å². The number of hydrogen-bond acceptors (Lipinski definition) is 5. The molecule has 2 aromatic carbocycles. The molecule has 0 saturated heterocycles. The first kappa shape index (κ1) is 21.2. The van der Waals surface area contributed by atoms with E-state index in [1.807, 2.05) is 12.1 Å². The molecule has 0 saturated carbocycles. The van der Waals surface area contributed by atoms with Crippen molar-refractivity contribution < 1.29 is 23.9 Å². The number of hydrogen-bond donors (Lipinski definition) is 2. The van der Waals surface area contributed by atoms with E-state index >= 15 is 0 Å². The highest BCUT2D eigenvalue weighted by atomic mass is 35.5. The van der Waals surface area contributed by atoms with Gasteiger partial charge in [0.15, 0.2) is 6.61 Å². The molecular formula is C20H21ClN2O5. The second-order valence-corrected chi connectivity index (χ2v) is 6.42. The van der Waals surface area contributed by atoms with Gasteiger partial charge in [-0.3, -0.25) is 20.4 Å². The standard InChI is InChI=1S/C20H21ClN2O5/c1-13(24)3-4-14-5-8-16(9-6-14)28-12-19(25)22-23-20(26)17-10-7-15(21)11-18(17)27-2/h5-11H,3-4,12H2,1-2H3,(H,22,25)(H,23,26). The van der Waals surface area contributed by atoms with Crippen molar-refractivity contribution in [3.63, 3.8) is 0 Å². The lowest BCUT2D eigenvalue weighted by Crippen LogP contribution is -2.43. The molecule has 0 aromatic heterocycles. The van der Waals surface area contributed by atoms with E-state index in [-0.39, 0.29) is 18.0 Å². The monoisotopic (exact) mass is 404 g/mol. The molecule has 0 aliphatic heterocycles. The summed E-state index contributed by atoms with van der Waals surface area (Å²) in [6, 6.07) is 11.7. The zero-order chi connectivity index (χ0) is 20.5. The van der Waals surface area contributed by atoms with Gasteiger partial charge < -0.3 is 14.3 Å². The SMILES string of the molecule is COc1cc(Cl)ccc1C(=O)NNC(=O)COc1ccc(CCC(C)=O)cc1. The maximum Gasteiger partial charge on any atom is 0.276 e. The molecule has 0 bridgehead atoms. The summed E-state index contributed by atoms with van der Waals surface area (Å²) >= 11 is 5.86. The van der Waals surface area contributed by atoms with Crippen molar-refractivity contribution in [2.75, 3.05) is 13.7 Å². The second-order valence-electron chi connectivity index (χ2n) is 5.98. The number of halogens is 1. The summed E-state index contributed by atoms with van der Waals surface area (Å²) in [5, 5.41) is 0.429. The number of nitrogens with one attached hydrogen (secondary N) is 2. The Morgan fingerprint density at radius 2 is 1.75 bits per heavy atom. The Labute approximate surface area is 167 Å². The summed E-state index contributed by atoms with van der Waals surface area (Å²) in [6.45, 7) is 1.28. The lowest BCUT2D eigenvalue weighted by Gasteiger charge is -2.11. The molecule has 8 heteroatoms. The molecule has 7 nitrogen and oxygen atoms in total. The molecule has 148 valence electrons. The van der Waals surface area contributed by atoms with Crippen molar-refractivity contribution in [1.82, 2.24) is 10.9 Å². The molecule has 0 aliphatic rings. The van der Waals surface area contributed by atoms with Gasteiger partial charge in [0.2, 0.25) is 0 Å². The van der Waals surface area contributed by atoms with Gasteiger partial charge >= 0.3 is 0 Å². The first-order chi connectivity index (χ1) is 13.4. The number of carbonyl (C=O) groups is 3. The van der Waals surface area contributed by atoms with Crippen LogP contribution >= 0.6 is 11.6 Å². The number of ether oxygens (including phenoxy) is 2. The van der Waals surface area contributed by atoms with Gasteiger partial charge in [-0.2, -0.15) is 0 Å². The minimum absolute atomic E-state index is 0.135. The quantitative estimate of drug-likeness (QED) is 0.660. The van der Waals surface area contributed by atoms with E-state index in [9.17, 15) is 14.4 Å². The van der Waals surface area contributed by atoms with Crippen LogP contribution in [0.2, 0.25) is 5.02 Å². The number of ketones is 1. The Hall–Kier alpha value is -3.06. The average molecular weight is 405 g/mol. The fourth-order valence-corrected chi connectivity index (χ4v) is 2.47. The largest absolute Gasteiger partial charge is 0.496 e. The van der Waals surface area contributed by atoms with Gasteiger partial charge in [0.05, 0.1) is 12.7 Å². The summed E-state index contributed by atoms with van der Waals surface area (Å²) < 4.78 is 10.5. The van der Waals surface area contributed by atoms with E-state index in [0.717, 1.165) is 5.56 Å². The lowest BCUT2D eigenvalue weighted by atomic mass is 10.1. The van der Waals surface area contributed by atoms with Crippen LogP contribution in [0.5, 0.6) is 11.5 Å². The van der Waals surface area contributed by atoms with E-state index in [1.54, 1.807) is 25.1 Å². The number of benzene rings is 2. The van der Waals surface area contributed by atoms with E-state index < -0.39 is 11.8 Å². The number of aryl methyl sites for hydroxylation is 1. The molecule has 2 rings (SSSR count). The summed E-state index contributed by atoms with van der Waals surface area (Å²) in [4.78, 5) is 35.0. The molecule has 2 aromatic rings. The van der Waals surface area contributed by atoms with Crippen LogP contribution < -0.4 is 20.3 Å². The first-order valence-corrected chi connectivity index (χ1v) is 8.90. The van der Waals surface area contributed by atoms with Gasteiger partial charge in [-0.05, 0) is 49.2 Å². The maximum atomic E-state index is 12.1. The van der Waals surface area contributed by atoms with Crippen LogP contribution in [0.15, 0.2) is 42.5 Å². The van der Waals surface area contributed by atoms with Crippen molar-refractivity contribution in [1.29, 1.82) is 0 Å². The number of Topliss-reactive ketones (excluding diaryl/α,β-unsaturated/α-hetero) is 1. The predicted octanol–water partition coefficient (Wildman–Crippen LogP) is 2.71. The molecule has 0 spiro atoms. The third-order valence-corrected chi connectivity index (χ3v) is 4.02. The van der Waals surface area contributed by atoms with E-state index in [4.69, 9.17) is 21.1 Å². The van der Waals surface area contributed by atoms with Crippen molar-refractivity contribution >= 4 is 29.2 Å². The van der Waals surface area contributed by atoms with Gasteiger partial charge in [0.25, 0.3) is 11.8 Å². The van der Waals surface area contributed by atoms with Crippen molar-refractivity contribution in [3.8, 4) is 11.5 Å². The summed E-state index contributed by atoms with van der Waals surface area (Å²) in [5.41, 5.74) is 5.80. The van der Waals surface area contributed by atoms with Crippen LogP contribution in [0, 0.1) is 0 Å². The topological polar surface area (TPSA) is 93.7 Å². The molecule has 0 aliphatic carbocycles. The molecule has 0 radical (unpaired) electrons. The summed E-state index contributed by atoms with van der Waals surface area (Å²) in [6.07, 6.45) is 1.15. The highest BCUT2D eigenvalue weighted by molar-refractivity contribution is 6.30. The average Bonchev–Trinajstić information content (AvgIpc) is 2.69. The Bertz CT molecular complexity index is 852. The fraction of sp³-hybridized carbons (Fsp3) is 0.250. The first-order valence-electron chi connectivity index (χ1n) is 8.53. The summed E-state index contributed by atoms with van der Waals surface area (Å²) in [5.74, 6) is -0.137. The number of carbonyl (C=O) groups excluding carboxylic acids is 3. The van der Waals surface area contributed by atoms with Crippen LogP contribution in [-0.2, 0) is 16.0 Å². The zero-order valence-corrected chi connectivity index (χ0v) is 16.3. The van der Waals surface area contributed by atoms with E-state index in [1.165, 1.54) is 19.2 Å². The van der Waals surface area contributed by atoms with Crippen molar-refractivity contribution in [2.24, 2.45) is 0 Å². The minimum atomic E-state index is -0.545.